The average molecular weight is 808 g/mol. The van der Waals surface area contributed by atoms with Crippen molar-refractivity contribution < 1.29 is 29.3 Å². The normalized spacial score (nSPS) is 19.2. The molecule has 3 aromatic carbocycles. The quantitative estimate of drug-likeness (QED) is 0.165. The van der Waals surface area contributed by atoms with Gasteiger partial charge in [0, 0.05) is 98.8 Å². The molecule has 0 spiro atoms. The number of phenolic OH excluding ortho intramolecular Hbond substituents is 1. The lowest BCUT2D eigenvalue weighted by Gasteiger charge is -2.46. The SMILES string of the molecule is Cc1c(C(=O)N(C)c2ccc(O)cc2)cc(-c2cc3c(cc2C(=O)N2Cc4ccccc4C[C@H]2CN2CCOCC2)C(C)(c2ccnc4[nH]ccc24)N(C(=O)O)CC3)n1C. The number of carbonyl (C=O) groups is 3. The van der Waals surface area contributed by atoms with Gasteiger partial charge in [0.25, 0.3) is 11.8 Å². The van der Waals surface area contributed by atoms with Crippen LogP contribution in [0.1, 0.15) is 61.2 Å². The Bertz CT molecular complexity index is 2640. The molecule has 3 N–H and O–H groups in total. The molecule has 3 aliphatic rings. The summed E-state index contributed by atoms with van der Waals surface area (Å²) < 4.78 is 7.64. The third-order valence-electron chi connectivity index (χ3n) is 13.1. The second-order valence-electron chi connectivity index (χ2n) is 16.4. The zero-order chi connectivity index (χ0) is 41.9. The highest BCUT2D eigenvalue weighted by Gasteiger charge is 2.46. The number of anilines is 1. The standard InChI is InChI=1S/C47H49N7O6/c1-29-37(44(56)51(4)33-9-11-35(55)12-10-33)26-42(50(29)3)38-24-31-15-18-54(46(58)59)47(2,40-14-17-49-43-36(40)13-16-48-43)41(31)25-39(38)45(57)53-27-32-8-6-5-7-30(32)23-34(53)28-52-19-21-60-22-20-52/h5-14,16-17,24-26,34,55H,15,18-23,27-28H2,1-4H3,(H,48,49)(H,58,59)/t34-,47?/m0/s1. The summed E-state index contributed by atoms with van der Waals surface area (Å²) in [5.41, 5.74) is 7.82. The van der Waals surface area contributed by atoms with Crippen LogP contribution in [0.2, 0.25) is 0 Å². The number of nitrogens with zero attached hydrogens (tertiary/aromatic N) is 6. The van der Waals surface area contributed by atoms with E-state index in [9.17, 15) is 19.8 Å². The van der Waals surface area contributed by atoms with Gasteiger partial charge in [-0.15, -0.1) is 0 Å². The number of aromatic nitrogens is 3. The van der Waals surface area contributed by atoms with E-state index >= 15 is 4.79 Å². The second kappa shape index (κ2) is 15.3. The number of morpholine rings is 1. The highest BCUT2D eigenvalue weighted by Crippen LogP contribution is 2.46. The molecule has 13 nitrogen and oxygen atoms in total. The lowest BCUT2D eigenvalue weighted by molar-refractivity contribution is 0.0193. The van der Waals surface area contributed by atoms with Gasteiger partial charge in [-0.05, 0) is 109 Å². The van der Waals surface area contributed by atoms with E-state index in [0.29, 0.717) is 72.9 Å². The van der Waals surface area contributed by atoms with E-state index in [0.717, 1.165) is 46.4 Å². The number of nitrogens with one attached hydrogen (secondary N) is 1. The number of carbonyl (C=O) groups excluding carboxylic acids is 2. The van der Waals surface area contributed by atoms with Crippen molar-refractivity contribution in [2.24, 2.45) is 7.05 Å². The fraction of sp³-hybridized carbons (Fsp3) is 0.319. The largest absolute Gasteiger partial charge is 0.508 e. The first kappa shape index (κ1) is 39.0. The van der Waals surface area contributed by atoms with Crippen LogP contribution in [0.15, 0.2) is 91.3 Å². The first-order chi connectivity index (χ1) is 28.9. The lowest BCUT2D eigenvalue weighted by Crippen LogP contribution is -2.53. The van der Waals surface area contributed by atoms with Crippen molar-refractivity contribution in [2.75, 3.05) is 51.3 Å². The summed E-state index contributed by atoms with van der Waals surface area (Å²) >= 11 is 0. The van der Waals surface area contributed by atoms with Crippen molar-refractivity contribution in [3.8, 4) is 17.0 Å². The molecule has 6 heterocycles. The average Bonchev–Trinajstić information content (AvgIpc) is 3.86. The van der Waals surface area contributed by atoms with Gasteiger partial charge < -0.3 is 34.3 Å². The molecule has 0 radical (unpaired) electrons. The van der Waals surface area contributed by atoms with Crippen LogP contribution in [0, 0.1) is 6.92 Å². The molecule has 2 atom stereocenters. The van der Waals surface area contributed by atoms with Gasteiger partial charge in [0.05, 0.1) is 24.3 Å². The van der Waals surface area contributed by atoms with Crippen molar-refractivity contribution in [2.45, 2.75) is 44.8 Å². The zero-order valence-corrected chi connectivity index (χ0v) is 34.3. The van der Waals surface area contributed by atoms with E-state index in [-0.39, 0.29) is 30.2 Å². The van der Waals surface area contributed by atoms with Crippen molar-refractivity contribution in [3.63, 3.8) is 0 Å². The van der Waals surface area contributed by atoms with Gasteiger partial charge in [-0.2, -0.15) is 0 Å². The second-order valence-corrected chi connectivity index (χ2v) is 16.4. The van der Waals surface area contributed by atoms with E-state index in [2.05, 4.69) is 39.1 Å². The summed E-state index contributed by atoms with van der Waals surface area (Å²) in [4.78, 5) is 58.3. The van der Waals surface area contributed by atoms with Crippen molar-refractivity contribution >= 4 is 34.6 Å². The summed E-state index contributed by atoms with van der Waals surface area (Å²) in [6.45, 7) is 8.01. The van der Waals surface area contributed by atoms with Crippen LogP contribution in [0.4, 0.5) is 10.5 Å². The maximum Gasteiger partial charge on any atom is 0.408 e. The molecule has 1 fully saturated rings. The number of benzene rings is 3. The number of ether oxygens (including phenoxy) is 1. The lowest BCUT2D eigenvalue weighted by atomic mass is 9.75. The van der Waals surface area contributed by atoms with Gasteiger partial charge in [0.15, 0.2) is 0 Å². The van der Waals surface area contributed by atoms with Crippen LogP contribution >= 0.6 is 0 Å². The van der Waals surface area contributed by atoms with Gasteiger partial charge in [-0.3, -0.25) is 19.4 Å². The predicted octanol–water partition coefficient (Wildman–Crippen LogP) is 6.56. The summed E-state index contributed by atoms with van der Waals surface area (Å²) in [7, 11) is 3.61. The van der Waals surface area contributed by atoms with Crippen LogP contribution in [0.5, 0.6) is 5.75 Å². The van der Waals surface area contributed by atoms with E-state index in [1.54, 1.807) is 48.6 Å². The molecule has 3 aromatic heterocycles. The van der Waals surface area contributed by atoms with E-state index in [1.165, 1.54) is 10.5 Å². The zero-order valence-electron chi connectivity index (χ0n) is 34.3. The maximum absolute atomic E-state index is 15.8. The van der Waals surface area contributed by atoms with Crippen LogP contribution in [0.25, 0.3) is 22.3 Å². The number of phenols is 1. The number of rotatable bonds is 7. The van der Waals surface area contributed by atoms with Gasteiger partial charge >= 0.3 is 6.09 Å². The van der Waals surface area contributed by atoms with E-state index in [4.69, 9.17) is 4.74 Å². The number of fused-ring (bicyclic) bond motifs is 3. The molecule has 1 unspecified atom stereocenters. The molecule has 308 valence electrons. The highest BCUT2D eigenvalue weighted by atomic mass is 16.5. The number of hydrogen-bond donors (Lipinski definition) is 3. The number of hydrogen-bond acceptors (Lipinski definition) is 7. The Morgan fingerprint density at radius 3 is 2.43 bits per heavy atom. The van der Waals surface area contributed by atoms with Gasteiger partial charge in [-0.25, -0.2) is 9.78 Å². The van der Waals surface area contributed by atoms with Crippen molar-refractivity contribution in [3.05, 3.63) is 136 Å². The molecule has 6 aromatic rings. The summed E-state index contributed by atoms with van der Waals surface area (Å²) in [5, 5.41) is 21.5. The van der Waals surface area contributed by atoms with Crippen molar-refractivity contribution in [1.29, 1.82) is 0 Å². The molecule has 3 amide bonds. The number of carboxylic acid groups (broad SMARTS) is 1. The third-order valence-corrected chi connectivity index (χ3v) is 13.1. The topological polar surface area (TPSA) is 147 Å². The fourth-order valence-electron chi connectivity index (χ4n) is 9.63. The van der Waals surface area contributed by atoms with Crippen molar-refractivity contribution in [1.82, 2.24) is 29.2 Å². The molecule has 0 bridgehead atoms. The smallest absolute Gasteiger partial charge is 0.408 e. The summed E-state index contributed by atoms with van der Waals surface area (Å²) in [5.74, 6) is -0.289. The molecule has 9 rings (SSSR count). The number of amides is 3. The molecular weight excluding hydrogens is 759 g/mol. The molecule has 60 heavy (non-hydrogen) atoms. The Morgan fingerprint density at radius 1 is 0.933 bits per heavy atom. The molecule has 3 aliphatic heterocycles. The van der Waals surface area contributed by atoms with Gasteiger partial charge in [0.2, 0.25) is 0 Å². The summed E-state index contributed by atoms with van der Waals surface area (Å²) in [6.07, 6.45) is 3.55. The minimum atomic E-state index is -1.18. The van der Waals surface area contributed by atoms with E-state index in [1.807, 2.05) is 60.7 Å². The Kier molecular flexibility index (Phi) is 9.96. The van der Waals surface area contributed by atoms with Gasteiger partial charge in [0.1, 0.15) is 11.4 Å². The third kappa shape index (κ3) is 6.58. The number of aromatic hydroxyl groups is 1. The minimum absolute atomic E-state index is 0.107. The first-order valence-corrected chi connectivity index (χ1v) is 20.5. The first-order valence-electron chi connectivity index (χ1n) is 20.5. The Labute approximate surface area is 348 Å². The molecule has 0 aliphatic carbocycles. The van der Waals surface area contributed by atoms with Gasteiger partial charge in [-0.1, -0.05) is 24.3 Å². The molecule has 0 saturated carbocycles. The number of pyridine rings is 1. The molecule has 1 saturated heterocycles. The minimum Gasteiger partial charge on any atom is -0.508 e. The molecular formula is C47H49N7O6. The predicted molar refractivity (Wildman–Crippen MR) is 228 cm³/mol. The maximum atomic E-state index is 15.8. The van der Waals surface area contributed by atoms with Crippen LogP contribution < -0.4 is 4.90 Å². The van der Waals surface area contributed by atoms with Crippen LogP contribution in [-0.2, 0) is 36.7 Å². The molecule has 13 heteroatoms. The van der Waals surface area contributed by atoms with E-state index < -0.39 is 11.6 Å². The summed E-state index contributed by atoms with van der Waals surface area (Å²) in [6, 6.07) is 24.3. The van der Waals surface area contributed by atoms with Crippen LogP contribution in [0.3, 0.4) is 0 Å². The Hall–Kier alpha value is -6.44. The monoisotopic (exact) mass is 807 g/mol. The highest BCUT2D eigenvalue weighted by molar-refractivity contribution is 6.08. The number of H-pyrrole nitrogens is 1. The Balaban J connectivity index is 1.23. The Morgan fingerprint density at radius 2 is 1.68 bits per heavy atom. The van der Waals surface area contributed by atoms with Crippen LogP contribution in [-0.4, -0.2) is 110 Å². The fourth-order valence-corrected chi connectivity index (χ4v) is 9.63. The number of aromatic amines is 1.